The van der Waals surface area contributed by atoms with Crippen molar-refractivity contribution in [2.75, 3.05) is 0 Å². The van der Waals surface area contributed by atoms with E-state index in [2.05, 4.69) is 4.98 Å². The van der Waals surface area contributed by atoms with Crippen molar-refractivity contribution in [2.24, 2.45) is 0 Å². The van der Waals surface area contributed by atoms with E-state index in [0.717, 1.165) is 10.9 Å². The molecule has 1 aromatic carbocycles. The van der Waals surface area contributed by atoms with Gasteiger partial charge >= 0.3 is 0 Å². The van der Waals surface area contributed by atoms with E-state index in [0.29, 0.717) is 10.7 Å². The van der Waals surface area contributed by atoms with E-state index in [1.807, 2.05) is 18.2 Å². The molecule has 0 fully saturated rings. The summed E-state index contributed by atoms with van der Waals surface area (Å²) < 4.78 is 0. The number of aromatic nitrogens is 1. The van der Waals surface area contributed by atoms with Crippen LogP contribution in [0.2, 0.25) is 5.15 Å². The molecule has 0 saturated carbocycles. The van der Waals surface area contributed by atoms with Gasteiger partial charge in [-0.2, -0.15) is 0 Å². The first-order chi connectivity index (χ1) is 6.18. The molecule has 2 nitrogen and oxygen atoms in total. The topological polar surface area (TPSA) is 32.9 Å². The zero-order valence-corrected chi connectivity index (χ0v) is 7.85. The lowest BCUT2D eigenvalue weighted by Crippen LogP contribution is -1.92. The Morgan fingerprint density at radius 3 is 2.92 bits per heavy atom. The molecule has 13 heavy (non-hydrogen) atoms. The van der Waals surface area contributed by atoms with Gasteiger partial charge in [0.15, 0.2) is 5.78 Å². The minimum atomic E-state index is 0.0455. The smallest absolute Gasteiger partial charge is 0.161 e. The lowest BCUT2D eigenvalue weighted by molar-refractivity contribution is 0.101. The summed E-state index contributed by atoms with van der Waals surface area (Å²) in [4.78, 5) is 14.2. The fourth-order valence-corrected chi connectivity index (χ4v) is 1.63. The van der Waals surface area contributed by atoms with Gasteiger partial charge in [-0.3, -0.25) is 4.79 Å². The number of para-hydroxylation sites is 1. The number of nitrogens with one attached hydrogen (secondary N) is 1. The molecule has 1 heterocycles. The molecule has 2 aromatic rings. The number of hydrogen-bond donors (Lipinski definition) is 1. The highest BCUT2D eigenvalue weighted by Gasteiger charge is 2.06. The van der Waals surface area contributed by atoms with Crippen LogP contribution in [0.3, 0.4) is 0 Å². The molecule has 0 radical (unpaired) electrons. The second kappa shape index (κ2) is 2.89. The first-order valence-electron chi connectivity index (χ1n) is 3.96. The molecule has 3 heteroatoms. The summed E-state index contributed by atoms with van der Waals surface area (Å²) in [5.41, 5.74) is 1.50. The van der Waals surface area contributed by atoms with E-state index >= 15 is 0 Å². The molecule has 0 unspecified atom stereocenters. The van der Waals surface area contributed by atoms with Crippen LogP contribution in [-0.4, -0.2) is 10.8 Å². The third kappa shape index (κ3) is 1.33. The van der Waals surface area contributed by atoms with E-state index in [-0.39, 0.29) is 5.78 Å². The molecule has 0 spiro atoms. The molecule has 0 bridgehead atoms. The zero-order chi connectivity index (χ0) is 9.42. The molecule has 1 N–H and O–H groups in total. The van der Waals surface area contributed by atoms with Gasteiger partial charge in [-0.1, -0.05) is 23.7 Å². The Bertz CT molecular complexity index is 473. The summed E-state index contributed by atoms with van der Waals surface area (Å²) in [5, 5.41) is 1.53. The lowest BCUT2D eigenvalue weighted by atomic mass is 10.1. The zero-order valence-electron chi connectivity index (χ0n) is 7.10. The molecule has 0 saturated heterocycles. The maximum absolute atomic E-state index is 11.2. The van der Waals surface area contributed by atoms with Gasteiger partial charge in [0.05, 0.1) is 5.52 Å². The van der Waals surface area contributed by atoms with Crippen LogP contribution in [0, 0.1) is 0 Å². The van der Waals surface area contributed by atoms with E-state index in [9.17, 15) is 4.79 Å². The third-order valence-electron chi connectivity index (χ3n) is 2.00. The number of carbonyl (C=O) groups is 1. The normalized spacial score (nSPS) is 10.6. The number of benzene rings is 1. The van der Waals surface area contributed by atoms with Crippen LogP contribution in [0.5, 0.6) is 0 Å². The lowest BCUT2D eigenvalue weighted by Gasteiger charge is -1.96. The molecule has 0 amide bonds. The number of H-pyrrole nitrogens is 1. The Morgan fingerprint density at radius 2 is 2.23 bits per heavy atom. The van der Waals surface area contributed by atoms with Gasteiger partial charge in [0.25, 0.3) is 0 Å². The van der Waals surface area contributed by atoms with Crippen LogP contribution >= 0.6 is 11.6 Å². The van der Waals surface area contributed by atoms with Gasteiger partial charge in [-0.15, -0.1) is 0 Å². The maximum atomic E-state index is 11.2. The molecule has 2 rings (SSSR count). The molecule has 0 aliphatic carbocycles. The van der Waals surface area contributed by atoms with Gasteiger partial charge < -0.3 is 4.98 Å². The summed E-state index contributed by atoms with van der Waals surface area (Å²) in [5.74, 6) is 0.0455. The predicted octanol–water partition coefficient (Wildman–Crippen LogP) is 3.02. The number of fused-ring (bicyclic) bond motifs is 1. The minimum Gasteiger partial charge on any atom is -0.345 e. The number of halogens is 1. The van der Waals surface area contributed by atoms with Crippen LogP contribution in [0.1, 0.15) is 17.3 Å². The van der Waals surface area contributed by atoms with Gasteiger partial charge in [-0.25, -0.2) is 0 Å². The van der Waals surface area contributed by atoms with Crippen molar-refractivity contribution in [1.82, 2.24) is 4.98 Å². The number of carbonyl (C=O) groups excluding carboxylic acids is 1. The Balaban J connectivity index is 2.82. The third-order valence-corrected chi connectivity index (χ3v) is 2.21. The molecular weight excluding hydrogens is 186 g/mol. The standard InChI is InChI=1S/C10H8ClNO/c1-6(13)8-4-2-3-7-5-9(11)12-10(7)8/h2-5,12H,1H3. The summed E-state index contributed by atoms with van der Waals surface area (Å²) in [6.45, 7) is 1.55. The second-order valence-corrected chi connectivity index (χ2v) is 3.35. The van der Waals surface area contributed by atoms with Crippen molar-refractivity contribution in [3.05, 3.63) is 35.0 Å². The van der Waals surface area contributed by atoms with Gasteiger partial charge in [0, 0.05) is 10.9 Å². The minimum absolute atomic E-state index is 0.0455. The Labute approximate surface area is 80.5 Å². The van der Waals surface area contributed by atoms with Crippen LogP contribution in [0.4, 0.5) is 0 Å². The fraction of sp³-hybridized carbons (Fsp3) is 0.100. The van der Waals surface area contributed by atoms with Crippen molar-refractivity contribution in [2.45, 2.75) is 6.92 Å². The highest BCUT2D eigenvalue weighted by Crippen LogP contribution is 2.22. The van der Waals surface area contributed by atoms with Crippen molar-refractivity contribution in [1.29, 1.82) is 0 Å². The largest absolute Gasteiger partial charge is 0.345 e. The molecule has 0 aliphatic heterocycles. The number of Topliss-reactive ketones (excluding diaryl/α,β-unsaturated/α-hetero) is 1. The van der Waals surface area contributed by atoms with Gasteiger partial charge in [0.1, 0.15) is 5.15 Å². The van der Waals surface area contributed by atoms with E-state index in [1.165, 1.54) is 0 Å². The molecule has 1 aromatic heterocycles. The van der Waals surface area contributed by atoms with Crippen LogP contribution in [0.25, 0.3) is 10.9 Å². The predicted molar refractivity (Wildman–Crippen MR) is 53.3 cm³/mol. The number of aromatic amines is 1. The van der Waals surface area contributed by atoms with Gasteiger partial charge in [0.2, 0.25) is 0 Å². The molecular formula is C10H8ClNO. The first-order valence-corrected chi connectivity index (χ1v) is 4.34. The van der Waals surface area contributed by atoms with Crippen molar-refractivity contribution in [3.8, 4) is 0 Å². The molecule has 66 valence electrons. The van der Waals surface area contributed by atoms with Crippen molar-refractivity contribution in [3.63, 3.8) is 0 Å². The Hall–Kier alpha value is -1.28. The van der Waals surface area contributed by atoms with Crippen molar-refractivity contribution < 1.29 is 4.79 Å². The van der Waals surface area contributed by atoms with Crippen LogP contribution in [-0.2, 0) is 0 Å². The Morgan fingerprint density at radius 1 is 1.46 bits per heavy atom. The molecule has 0 aliphatic rings. The second-order valence-electron chi connectivity index (χ2n) is 2.94. The maximum Gasteiger partial charge on any atom is 0.161 e. The number of ketones is 1. The van der Waals surface area contributed by atoms with E-state index < -0.39 is 0 Å². The summed E-state index contributed by atoms with van der Waals surface area (Å²) in [6, 6.07) is 7.37. The summed E-state index contributed by atoms with van der Waals surface area (Å²) in [6.07, 6.45) is 0. The SMILES string of the molecule is CC(=O)c1cccc2cc(Cl)[nH]c12. The number of rotatable bonds is 1. The average molecular weight is 194 g/mol. The highest BCUT2D eigenvalue weighted by molar-refractivity contribution is 6.31. The number of hydrogen-bond acceptors (Lipinski definition) is 1. The van der Waals surface area contributed by atoms with Crippen LogP contribution in [0.15, 0.2) is 24.3 Å². The monoisotopic (exact) mass is 193 g/mol. The quantitative estimate of drug-likeness (QED) is 0.694. The summed E-state index contributed by atoms with van der Waals surface area (Å²) in [7, 11) is 0. The van der Waals surface area contributed by atoms with Gasteiger partial charge in [-0.05, 0) is 19.1 Å². The first kappa shape index (κ1) is 8.32. The van der Waals surface area contributed by atoms with Crippen molar-refractivity contribution >= 4 is 28.3 Å². The highest BCUT2D eigenvalue weighted by atomic mass is 35.5. The summed E-state index contributed by atoms with van der Waals surface area (Å²) >= 11 is 5.79. The van der Waals surface area contributed by atoms with E-state index in [4.69, 9.17) is 11.6 Å². The van der Waals surface area contributed by atoms with E-state index in [1.54, 1.807) is 13.0 Å². The Kier molecular flexibility index (Phi) is 1.85. The van der Waals surface area contributed by atoms with Crippen LogP contribution < -0.4 is 0 Å². The molecule has 0 atom stereocenters. The fourth-order valence-electron chi connectivity index (χ4n) is 1.42. The average Bonchev–Trinajstić information content (AvgIpc) is 2.43.